The van der Waals surface area contributed by atoms with Gasteiger partial charge in [-0.1, -0.05) is 22.0 Å². The molecule has 1 aromatic rings. The zero-order chi connectivity index (χ0) is 12.5. The zero-order valence-electron chi connectivity index (χ0n) is 9.10. The van der Waals surface area contributed by atoms with Crippen LogP contribution in [-0.4, -0.2) is 17.8 Å². The van der Waals surface area contributed by atoms with Gasteiger partial charge in [0.1, 0.15) is 5.82 Å². The maximum atomic E-state index is 13.5. The number of carbonyl (C=O) groups is 1. The van der Waals surface area contributed by atoms with Gasteiger partial charge in [0, 0.05) is 16.3 Å². The first-order valence-electron chi connectivity index (χ1n) is 5.36. The molecule has 0 aliphatic heterocycles. The molecule has 17 heavy (non-hydrogen) atoms. The first kappa shape index (κ1) is 13.0. The zero-order valence-corrected chi connectivity index (χ0v) is 12.3. The summed E-state index contributed by atoms with van der Waals surface area (Å²) in [7, 11) is 0. The van der Waals surface area contributed by atoms with Crippen LogP contribution in [0.4, 0.5) is 4.39 Å². The van der Waals surface area contributed by atoms with Gasteiger partial charge in [0.25, 0.3) is 5.91 Å². The summed E-state index contributed by atoms with van der Waals surface area (Å²) in [5.41, 5.74) is 0.269. The number of carbonyl (C=O) groups excluding carboxylic acids is 1. The van der Waals surface area contributed by atoms with E-state index in [-0.39, 0.29) is 16.9 Å². The van der Waals surface area contributed by atoms with Crippen LogP contribution in [0.2, 0.25) is 0 Å². The molecule has 0 saturated heterocycles. The maximum Gasteiger partial charge on any atom is 0.255 e. The minimum atomic E-state index is -0.499. The highest BCUT2D eigenvalue weighted by molar-refractivity contribution is 9.10. The van der Waals surface area contributed by atoms with Crippen LogP contribution in [0, 0.1) is 11.2 Å². The van der Waals surface area contributed by atoms with Crippen molar-refractivity contribution in [2.75, 3.05) is 11.9 Å². The molecule has 0 heterocycles. The van der Waals surface area contributed by atoms with E-state index >= 15 is 0 Å². The van der Waals surface area contributed by atoms with Crippen molar-refractivity contribution < 1.29 is 9.18 Å². The summed E-state index contributed by atoms with van der Waals surface area (Å²) in [6, 6.07) is 4.52. The van der Waals surface area contributed by atoms with Gasteiger partial charge in [-0.15, -0.1) is 0 Å². The summed E-state index contributed by atoms with van der Waals surface area (Å²) in [6.45, 7) is 0.595. The van der Waals surface area contributed by atoms with Crippen LogP contribution in [0.3, 0.4) is 0 Å². The smallest absolute Gasteiger partial charge is 0.255 e. The number of rotatable bonds is 4. The molecule has 1 saturated carbocycles. The second kappa shape index (κ2) is 5.06. The van der Waals surface area contributed by atoms with Gasteiger partial charge in [-0.2, -0.15) is 0 Å². The fraction of sp³-hybridized carbons (Fsp3) is 0.417. The molecular weight excluding hydrogens is 353 g/mol. The fourth-order valence-electron chi connectivity index (χ4n) is 1.61. The van der Waals surface area contributed by atoms with Gasteiger partial charge in [0.05, 0.1) is 5.56 Å². The first-order chi connectivity index (χ1) is 8.08. The molecular formula is C12H12Br2FNO. The van der Waals surface area contributed by atoms with Crippen LogP contribution in [0.1, 0.15) is 23.2 Å². The molecule has 0 unspecified atom stereocenters. The Balaban J connectivity index is 2.05. The predicted molar refractivity (Wildman–Crippen MR) is 71.9 cm³/mol. The Morgan fingerprint density at radius 1 is 1.47 bits per heavy atom. The molecule has 1 aromatic carbocycles. The van der Waals surface area contributed by atoms with Crippen LogP contribution in [-0.2, 0) is 0 Å². The molecule has 5 heteroatoms. The van der Waals surface area contributed by atoms with Crippen molar-refractivity contribution in [2.24, 2.45) is 5.41 Å². The van der Waals surface area contributed by atoms with Crippen LogP contribution in [0.5, 0.6) is 0 Å². The number of hydrogen-bond acceptors (Lipinski definition) is 1. The first-order valence-corrected chi connectivity index (χ1v) is 7.28. The van der Waals surface area contributed by atoms with Gasteiger partial charge in [-0.25, -0.2) is 4.39 Å². The Morgan fingerprint density at radius 2 is 2.18 bits per heavy atom. The minimum Gasteiger partial charge on any atom is -0.351 e. The van der Waals surface area contributed by atoms with Crippen molar-refractivity contribution in [1.82, 2.24) is 5.32 Å². The van der Waals surface area contributed by atoms with Gasteiger partial charge >= 0.3 is 0 Å². The van der Waals surface area contributed by atoms with E-state index in [2.05, 4.69) is 37.2 Å². The molecule has 1 fully saturated rings. The normalized spacial score (nSPS) is 16.6. The van der Waals surface area contributed by atoms with E-state index in [1.165, 1.54) is 6.07 Å². The third-order valence-electron chi connectivity index (χ3n) is 3.05. The molecule has 1 aliphatic carbocycles. The van der Waals surface area contributed by atoms with E-state index in [4.69, 9.17) is 0 Å². The van der Waals surface area contributed by atoms with E-state index < -0.39 is 5.82 Å². The molecule has 1 N–H and O–H groups in total. The molecule has 0 atom stereocenters. The molecule has 2 nitrogen and oxygen atoms in total. The predicted octanol–water partition coefficient (Wildman–Crippen LogP) is 3.49. The van der Waals surface area contributed by atoms with E-state index in [1.54, 1.807) is 12.1 Å². The summed E-state index contributed by atoms with van der Waals surface area (Å²) >= 11 is 6.62. The molecule has 0 radical (unpaired) electrons. The van der Waals surface area contributed by atoms with Crippen LogP contribution >= 0.6 is 31.9 Å². The van der Waals surface area contributed by atoms with E-state index in [9.17, 15) is 9.18 Å². The Labute approximate surface area is 116 Å². The molecule has 0 bridgehead atoms. The maximum absolute atomic E-state index is 13.5. The molecule has 0 aromatic heterocycles. The third kappa shape index (κ3) is 2.88. The van der Waals surface area contributed by atoms with Crippen LogP contribution in [0.15, 0.2) is 22.7 Å². The molecule has 1 aliphatic rings. The largest absolute Gasteiger partial charge is 0.351 e. The van der Waals surface area contributed by atoms with Gasteiger partial charge in [0.2, 0.25) is 0 Å². The highest BCUT2D eigenvalue weighted by Gasteiger charge is 2.41. The summed E-state index contributed by atoms with van der Waals surface area (Å²) in [5, 5.41) is 3.67. The second-order valence-corrected chi connectivity index (χ2v) is 5.83. The Bertz CT molecular complexity index is 426. The van der Waals surface area contributed by atoms with Crippen molar-refractivity contribution in [3.05, 3.63) is 34.1 Å². The van der Waals surface area contributed by atoms with Crippen molar-refractivity contribution in [2.45, 2.75) is 12.8 Å². The van der Waals surface area contributed by atoms with Crippen molar-refractivity contribution in [1.29, 1.82) is 0 Å². The second-order valence-electron chi connectivity index (χ2n) is 4.41. The van der Waals surface area contributed by atoms with Gasteiger partial charge in [-0.3, -0.25) is 4.79 Å². The molecule has 0 spiro atoms. The summed E-state index contributed by atoms with van der Waals surface area (Å²) < 4.78 is 14.0. The van der Waals surface area contributed by atoms with Crippen LogP contribution < -0.4 is 5.32 Å². The van der Waals surface area contributed by atoms with Crippen molar-refractivity contribution in [3.63, 3.8) is 0 Å². The standard InChI is InChI=1S/C12H12Br2FNO/c13-6-12(4-5-12)7-16-11(17)10-8(14)2-1-3-9(10)15/h1-3H,4-7H2,(H,16,17). The average molecular weight is 365 g/mol. The molecule has 1 amide bonds. The minimum absolute atomic E-state index is 0.0814. The summed E-state index contributed by atoms with van der Waals surface area (Å²) in [6.07, 6.45) is 2.22. The van der Waals surface area contributed by atoms with Crippen LogP contribution in [0.25, 0.3) is 0 Å². The number of hydrogen-bond donors (Lipinski definition) is 1. The quantitative estimate of drug-likeness (QED) is 0.814. The Kier molecular flexibility index (Phi) is 3.88. The van der Waals surface area contributed by atoms with Gasteiger partial charge in [-0.05, 0) is 46.3 Å². The Hall–Kier alpha value is -0.420. The highest BCUT2D eigenvalue weighted by Crippen LogP contribution is 2.46. The number of halogens is 3. The number of amides is 1. The lowest BCUT2D eigenvalue weighted by Gasteiger charge is -2.13. The molecule has 2 rings (SSSR count). The highest BCUT2D eigenvalue weighted by atomic mass is 79.9. The number of benzene rings is 1. The van der Waals surface area contributed by atoms with E-state index in [0.29, 0.717) is 11.0 Å². The van der Waals surface area contributed by atoms with E-state index in [1.807, 2.05) is 0 Å². The lowest BCUT2D eigenvalue weighted by Crippen LogP contribution is -2.31. The van der Waals surface area contributed by atoms with Gasteiger partial charge in [0.15, 0.2) is 0 Å². The Morgan fingerprint density at radius 3 is 2.71 bits per heavy atom. The number of nitrogens with one attached hydrogen (secondary N) is 1. The van der Waals surface area contributed by atoms with Crippen molar-refractivity contribution >= 4 is 37.8 Å². The number of alkyl halides is 1. The van der Waals surface area contributed by atoms with Gasteiger partial charge < -0.3 is 5.32 Å². The molecule has 92 valence electrons. The average Bonchev–Trinajstić information content (AvgIpc) is 3.07. The fourth-order valence-corrected chi connectivity index (χ4v) is 2.89. The SMILES string of the molecule is O=C(NCC1(CBr)CC1)c1c(F)cccc1Br. The topological polar surface area (TPSA) is 29.1 Å². The van der Waals surface area contributed by atoms with E-state index in [0.717, 1.165) is 18.2 Å². The lowest BCUT2D eigenvalue weighted by molar-refractivity contribution is 0.0941. The monoisotopic (exact) mass is 363 g/mol. The summed E-state index contributed by atoms with van der Waals surface area (Å²) in [4.78, 5) is 11.9. The van der Waals surface area contributed by atoms with Crippen molar-refractivity contribution in [3.8, 4) is 0 Å². The lowest BCUT2D eigenvalue weighted by atomic mass is 10.1. The summed E-state index contributed by atoms with van der Waals surface area (Å²) in [5.74, 6) is -0.859. The third-order valence-corrected chi connectivity index (χ3v) is 4.90.